The molecule has 1 saturated carbocycles. The number of ether oxygens (including phenoxy) is 2. The number of carbonyl (C=O) groups is 2. The molecule has 2 amide bonds. The van der Waals surface area contributed by atoms with E-state index in [2.05, 4.69) is 24.3 Å². The Morgan fingerprint density at radius 2 is 1.81 bits per heavy atom. The van der Waals surface area contributed by atoms with Crippen LogP contribution >= 0.6 is 12.2 Å². The number of hydrogen-bond acceptors (Lipinski definition) is 6. The Morgan fingerprint density at radius 1 is 1.14 bits per heavy atom. The highest BCUT2D eigenvalue weighted by Gasteiger charge is 2.53. The van der Waals surface area contributed by atoms with Crippen molar-refractivity contribution < 1.29 is 23.5 Å². The van der Waals surface area contributed by atoms with Crippen LogP contribution in [0.4, 0.5) is 20.6 Å². The summed E-state index contributed by atoms with van der Waals surface area (Å²) in [5, 5.41) is 0.199. The van der Waals surface area contributed by atoms with E-state index in [9.17, 15) is 9.59 Å². The fraction of sp³-hybridized carbons (Fsp3) is 0.444. The first kappa shape index (κ1) is 25.3. The Morgan fingerprint density at radius 3 is 2.41 bits per heavy atom. The van der Waals surface area contributed by atoms with Crippen LogP contribution in [0, 0.1) is 12.7 Å². The summed E-state index contributed by atoms with van der Waals surface area (Å²) in [5.41, 5.74) is 2.74. The van der Waals surface area contributed by atoms with E-state index in [1.54, 1.807) is 24.1 Å². The third kappa shape index (κ3) is 4.70. The zero-order valence-corrected chi connectivity index (χ0v) is 22.1. The maximum Gasteiger partial charge on any atom is 0.416 e. The summed E-state index contributed by atoms with van der Waals surface area (Å²) < 4.78 is 25.6. The molecule has 2 aromatic rings. The van der Waals surface area contributed by atoms with Gasteiger partial charge in [-0.3, -0.25) is 14.6 Å². The van der Waals surface area contributed by atoms with Crippen molar-refractivity contribution in [1.82, 2.24) is 9.80 Å². The van der Waals surface area contributed by atoms with Gasteiger partial charge in [-0.2, -0.15) is 0 Å². The van der Waals surface area contributed by atoms with Gasteiger partial charge in [0.15, 0.2) is 6.23 Å². The van der Waals surface area contributed by atoms with Gasteiger partial charge in [0.1, 0.15) is 5.82 Å². The van der Waals surface area contributed by atoms with Crippen molar-refractivity contribution in [3.8, 4) is 0 Å². The number of methoxy groups -OCH3 is 1. The Labute approximate surface area is 221 Å². The molecular weight excluding hydrogens is 495 g/mol. The van der Waals surface area contributed by atoms with Crippen LogP contribution < -0.4 is 9.80 Å². The van der Waals surface area contributed by atoms with Crippen LogP contribution in [0.3, 0.4) is 0 Å². The first-order chi connectivity index (χ1) is 17.7. The second-order valence-corrected chi connectivity index (χ2v) is 10.2. The molecule has 1 aliphatic carbocycles. The normalized spacial score (nSPS) is 20.5. The van der Waals surface area contributed by atoms with Gasteiger partial charge in [-0.1, -0.05) is 29.8 Å². The number of thiocarbonyl (C=S) groups is 1. The third-order valence-electron chi connectivity index (χ3n) is 7.60. The van der Waals surface area contributed by atoms with Gasteiger partial charge in [0.2, 0.25) is 5.91 Å². The van der Waals surface area contributed by atoms with E-state index in [0.717, 1.165) is 18.4 Å². The molecule has 3 aliphatic rings. The molecule has 2 aliphatic heterocycles. The molecule has 196 valence electrons. The molecule has 2 aromatic carbocycles. The number of likely N-dealkylation sites (N-methyl/N-ethyl adjacent to an activating group) is 1. The molecule has 2 saturated heterocycles. The number of piperazine rings is 1. The van der Waals surface area contributed by atoms with Crippen LogP contribution in [-0.2, 0) is 19.7 Å². The van der Waals surface area contributed by atoms with Crippen molar-refractivity contribution in [2.75, 3.05) is 56.7 Å². The van der Waals surface area contributed by atoms with Crippen LogP contribution in [0.5, 0.6) is 0 Å². The second kappa shape index (κ2) is 9.81. The maximum atomic E-state index is 15.2. The van der Waals surface area contributed by atoms with E-state index in [1.807, 2.05) is 16.7 Å². The smallest absolute Gasteiger partial charge is 0.416 e. The molecule has 2 heterocycles. The molecule has 0 bridgehead atoms. The number of rotatable bonds is 5. The number of aryl methyl sites for hydroxylation is 1. The lowest BCUT2D eigenvalue weighted by Crippen LogP contribution is -2.51. The van der Waals surface area contributed by atoms with E-state index < -0.39 is 23.6 Å². The van der Waals surface area contributed by atoms with Gasteiger partial charge in [0.25, 0.3) is 5.17 Å². The molecule has 10 heteroatoms. The minimum absolute atomic E-state index is 0.173. The molecular formula is C27H31FN4O4S. The molecule has 37 heavy (non-hydrogen) atoms. The van der Waals surface area contributed by atoms with Gasteiger partial charge >= 0.3 is 6.09 Å². The van der Waals surface area contributed by atoms with Gasteiger partial charge in [-0.05, 0) is 55.7 Å². The highest BCUT2D eigenvalue weighted by molar-refractivity contribution is 7.80. The number of cyclic esters (lactones) is 1. The van der Waals surface area contributed by atoms with E-state index in [-0.39, 0.29) is 17.6 Å². The van der Waals surface area contributed by atoms with Crippen LogP contribution in [0.1, 0.15) is 24.0 Å². The van der Waals surface area contributed by atoms with Crippen molar-refractivity contribution in [1.29, 1.82) is 0 Å². The number of benzene rings is 2. The van der Waals surface area contributed by atoms with Crippen molar-refractivity contribution in [3.05, 3.63) is 59.4 Å². The Hall–Kier alpha value is -3.40. The average molecular weight is 527 g/mol. The number of carbonyl (C=O) groups excluding carboxylic acids is 2. The van der Waals surface area contributed by atoms with Crippen LogP contribution in [-0.4, -0.2) is 80.1 Å². The van der Waals surface area contributed by atoms with Gasteiger partial charge in [0, 0.05) is 33.2 Å². The predicted molar refractivity (Wildman–Crippen MR) is 142 cm³/mol. The van der Waals surface area contributed by atoms with E-state index >= 15 is 4.39 Å². The summed E-state index contributed by atoms with van der Waals surface area (Å²) in [5.74, 6) is -0.251. The summed E-state index contributed by atoms with van der Waals surface area (Å²) in [6, 6.07) is 13.0. The van der Waals surface area contributed by atoms with Gasteiger partial charge < -0.3 is 19.3 Å². The number of amides is 2. The zero-order chi connectivity index (χ0) is 26.3. The van der Waals surface area contributed by atoms with Crippen molar-refractivity contribution in [2.24, 2.45) is 0 Å². The monoisotopic (exact) mass is 526 g/mol. The third-order valence-corrected chi connectivity index (χ3v) is 8.06. The highest BCUT2D eigenvalue weighted by Crippen LogP contribution is 2.49. The molecule has 8 nitrogen and oxygen atoms in total. The lowest BCUT2D eigenvalue weighted by Gasteiger charge is -2.38. The molecule has 0 N–H and O–H groups in total. The zero-order valence-electron chi connectivity index (χ0n) is 21.3. The predicted octanol–water partition coefficient (Wildman–Crippen LogP) is 3.66. The van der Waals surface area contributed by atoms with Crippen LogP contribution in [0.25, 0.3) is 0 Å². The van der Waals surface area contributed by atoms with Gasteiger partial charge in [-0.15, -0.1) is 0 Å². The maximum absolute atomic E-state index is 15.2. The van der Waals surface area contributed by atoms with Gasteiger partial charge in [-0.25, -0.2) is 9.18 Å². The summed E-state index contributed by atoms with van der Waals surface area (Å²) in [6.07, 6.45) is 0.552. The Bertz CT molecular complexity index is 1210. The second-order valence-electron chi connectivity index (χ2n) is 9.89. The van der Waals surface area contributed by atoms with Crippen molar-refractivity contribution in [3.63, 3.8) is 0 Å². The van der Waals surface area contributed by atoms with Crippen LogP contribution in [0.2, 0.25) is 0 Å². The average Bonchev–Trinajstić information content (AvgIpc) is 3.63. The van der Waals surface area contributed by atoms with Crippen molar-refractivity contribution in [2.45, 2.75) is 31.4 Å². The topological polar surface area (TPSA) is 65.6 Å². The minimum Gasteiger partial charge on any atom is -0.474 e. The van der Waals surface area contributed by atoms with E-state index in [1.165, 1.54) is 23.6 Å². The number of nitrogens with zero attached hydrogens (tertiary/aromatic N) is 4. The van der Waals surface area contributed by atoms with E-state index in [4.69, 9.17) is 21.7 Å². The minimum atomic E-state index is -0.622. The number of anilines is 2. The number of hydrogen-bond donors (Lipinski definition) is 0. The van der Waals surface area contributed by atoms with Gasteiger partial charge in [0.05, 0.1) is 30.4 Å². The summed E-state index contributed by atoms with van der Waals surface area (Å²) in [4.78, 5) is 32.6. The van der Waals surface area contributed by atoms with Crippen molar-refractivity contribution >= 4 is 40.8 Å². The fourth-order valence-electron chi connectivity index (χ4n) is 5.12. The molecule has 0 aromatic heterocycles. The Kier molecular flexibility index (Phi) is 6.70. The first-order valence-corrected chi connectivity index (χ1v) is 12.8. The summed E-state index contributed by atoms with van der Waals surface area (Å²) in [7, 11) is 3.12. The summed E-state index contributed by atoms with van der Waals surface area (Å²) >= 11 is 5.10. The molecule has 0 unspecified atom stereocenters. The fourth-order valence-corrected chi connectivity index (χ4v) is 5.24. The molecule has 1 atom stereocenters. The molecule has 0 spiro atoms. The lowest BCUT2D eigenvalue weighted by molar-refractivity contribution is -0.134. The molecule has 3 fully saturated rings. The molecule has 5 rings (SSSR count). The van der Waals surface area contributed by atoms with E-state index in [0.29, 0.717) is 37.6 Å². The lowest BCUT2D eigenvalue weighted by atomic mass is 9.93. The quantitative estimate of drug-likeness (QED) is 0.551. The highest BCUT2D eigenvalue weighted by atomic mass is 32.1. The largest absolute Gasteiger partial charge is 0.474 e. The Balaban J connectivity index is 1.22. The number of halogens is 1. The SMILES string of the molecule is COC(=S)N(C)[C@@H]1CN(c2ccc(N3CCN(C(=O)C4(c5ccc(C)cc5)CC4)CC3)c(F)c2)C(=O)O1. The standard InChI is InChI=1S/C27H31FN4O4S/c1-18-4-6-19(7-5-18)27(10-11-27)24(33)31-14-12-30(13-15-31)22-9-8-20(16-21(22)28)32-17-23(36-25(32)34)29(2)26(37)35-3/h4-9,16,23H,10-15,17H2,1-3H3/t23-/m0/s1. The van der Waals surface area contributed by atoms with Crippen LogP contribution in [0.15, 0.2) is 42.5 Å². The first-order valence-electron chi connectivity index (χ1n) is 12.4. The molecule has 0 radical (unpaired) electrons. The summed E-state index contributed by atoms with van der Waals surface area (Å²) in [6.45, 7) is 4.40.